The molecule has 0 atom stereocenters. The monoisotopic (exact) mass is 300 g/mol. The van der Waals surface area contributed by atoms with Crippen molar-refractivity contribution in [3.8, 4) is 0 Å². The van der Waals surface area contributed by atoms with Crippen molar-refractivity contribution < 1.29 is 28.7 Å². The molecule has 6 N–H and O–H groups in total. The summed E-state index contributed by atoms with van der Waals surface area (Å²) in [6.45, 7) is 0. The predicted octanol–water partition coefficient (Wildman–Crippen LogP) is -0.205. The van der Waals surface area contributed by atoms with Crippen LogP contribution in [0, 0.1) is 0 Å². The van der Waals surface area contributed by atoms with E-state index in [1.54, 1.807) is 0 Å². The zero-order valence-electron chi connectivity index (χ0n) is 8.20. The van der Waals surface area contributed by atoms with Gasteiger partial charge in [0.25, 0.3) is 5.02 Å². The number of nitrogens with two attached hydrogens (primary N) is 1. The van der Waals surface area contributed by atoms with Gasteiger partial charge in [-0.3, -0.25) is 19.8 Å². The van der Waals surface area contributed by atoms with Gasteiger partial charge in [-0.25, -0.2) is 0 Å². The summed E-state index contributed by atoms with van der Waals surface area (Å²) in [4.78, 5) is 40.0. The van der Waals surface area contributed by atoms with Crippen LogP contribution in [0.4, 0.5) is 0 Å². The van der Waals surface area contributed by atoms with Crippen LogP contribution in [0.25, 0.3) is 0 Å². The molecule has 0 aliphatic rings. The third-order valence-corrected chi connectivity index (χ3v) is 6.08. The minimum Gasteiger partial charge on any atom is -0.322 e. The van der Waals surface area contributed by atoms with Gasteiger partial charge in [-0.15, -0.1) is 12.6 Å². The van der Waals surface area contributed by atoms with E-state index in [4.69, 9.17) is 25.3 Å². The van der Waals surface area contributed by atoms with E-state index in [1.807, 2.05) is 0 Å². The van der Waals surface area contributed by atoms with Crippen molar-refractivity contribution in [2.45, 2.75) is 9.92 Å². The zero-order valence-corrected chi connectivity index (χ0v) is 10.9. The topological polar surface area (TPSA) is 154 Å². The van der Waals surface area contributed by atoms with Crippen molar-refractivity contribution in [3.05, 3.63) is 24.0 Å². The highest BCUT2D eigenvalue weighted by molar-refractivity contribution is 7.80. The summed E-state index contributed by atoms with van der Waals surface area (Å²) in [5.41, 5.74) is 4.61. The Morgan fingerprint density at radius 3 is 1.94 bits per heavy atom. The molecular weight excluding hydrogens is 290 g/mol. The van der Waals surface area contributed by atoms with Crippen LogP contribution < -0.4 is 5.73 Å². The van der Waals surface area contributed by atoms with Crippen LogP contribution in [0.1, 0.15) is 5.69 Å². The van der Waals surface area contributed by atoms with Crippen molar-refractivity contribution in [2.75, 3.05) is 0 Å². The minimum absolute atomic E-state index is 0.354. The zero-order chi connectivity index (χ0) is 13.5. The van der Waals surface area contributed by atoms with E-state index in [9.17, 15) is 9.13 Å². The summed E-state index contributed by atoms with van der Waals surface area (Å²) in [6, 6.07) is 2.26. The lowest BCUT2D eigenvalue weighted by Gasteiger charge is -2.29. The molecule has 0 bridgehead atoms. The van der Waals surface area contributed by atoms with Gasteiger partial charge in [-0.1, -0.05) is 0 Å². The fraction of sp³-hybridized carbons (Fsp3) is 0.167. The average molecular weight is 300 g/mol. The lowest BCUT2D eigenvalue weighted by Crippen LogP contribution is -2.37. The molecule has 0 unspecified atom stereocenters. The molecular formula is C6H10N2O6P2S. The first-order valence-electron chi connectivity index (χ1n) is 4.06. The lowest BCUT2D eigenvalue weighted by molar-refractivity contribution is 0.308. The maximum absolute atomic E-state index is 11.2. The van der Waals surface area contributed by atoms with Crippen molar-refractivity contribution in [2.24, 2.45) is 5.73 Å². The quantitative estimate of drug-likeness (QED) is 0.331. The Hall–Kier alpha value is -0.240. The lowest BCUT2D eigenvalue weighted by atomic mass is 10.3. The Morgan fingerprint density at radius 1 is 1.18 bits per heavy atom. The molecule has 8 nitrogen and oxygen atoms in total. The normalized spacial score (nSPS) is 13.8. The molecule has 1 aromatic heterocycles. The summed E-state index contributed by atoms with van der Waals surface area (Å²) < 4.78 is 22.4. The molecule has 0 spiro atoms. The third-order valence-electron chi connectivity index (χ3n) is 2.01. The van der Waals surface area contributed by atoms with Gasteiger partial charge >= 0.3 is 15.2 Å². The van der Waals surface area contributed by atoms with Gasteiger partial charge in [0.15, 0.2) is 0 Å². The summed E-state index contributed by atoms with van der Waals surface area (Å²) in [5.74, 6) is 0. The van der Waals surface area contributed by atoms with Crippen molar-refractivity contribution >= 4 is 27.8 Å². The maximum atomic E-state index is 11.2. The van der Waals surface area contributed by atoms with Crippen LogP contribution in [-0.2, 0) is 14.2 Å². The number of nitrogens with zero attached hydrogens (tertiary/aromatic N) is 1. The number of rotatable bonds is 3. The summed E-state index contributed by atoms with van der Waals surface area (Å²) in [6.07, 6.45) is 1.07. The van der Waals surface area contributed by atoms with Gasteiger partial charge in [0.05, 0.1) is 5.69 Å². The molecule has 0 aliphatic heterocycles. The van der Waals surface area contributed by atoms with E-state index in [2.05, 4.69) is 17.6 Å². The molecule has 1 aromatic rings. The summed E-state index contributed by atoms with van der Waals surface area (Å²) in [5, 5.41) is -3.15. The Bertz CT molecular complexity index is 486. The number of aromatic nitrogens is 1. The summed E-state index contributed by atoms with van der Waals surface area (Å²) >= 11 is 3.88. The smallest absolute Gasteiger partial charge is 0.322 e. The van der Waals surface area contributed by atoms with Crippen molar-refractivity contribution in [1.82, 2.24) is 4.98 Å². The van der Waals surface area contributed by atoms with Crippen molar-refractivity contribution in [3.63, 3.8) is 0 Å². The largest absolute Gasteiger partial charge is 0.363 e. The molecule has 0 aromatic carbocycles. The van der Waals surface area contributed by atoms with Crippen molar-refractivity contribution in [1.29, 1.82) is 0 Å². The van der Waals surface area contributed by atoms with E-state index in [-0.39, 0.29) is 0 Å². The summed E-state index contributed by atoms with van der Waals surface area (Å²) in [7, 11) is -10.6. The van der Waals surface area contributed by atoms with Crippen LogP contribution in [0.2, 0.25) is 0 Å². The fourth-order valence-corrected chi connectivity index (χ4v) is 3.42. The molecule has 0 saturated heterocycles. The Labute approximate surface area is 102 Å². The van der Waals surface area contributed by atoms with E-state index >= 15 is 0 Å². The molecule has 11 heteroatoms. The van der Waals surface area contributed by atoms with Gasteiger partial charge in [0, 0.05) is 11.1 Å². The number of hydrogen-bond acceptors (Lipinski definition) is 5. The van der Waals surface area contributed by atoms with Crippen LogP contribution in [0.3, 0.4) is 0 Å². The predicted molar refractivity (Wildman–Crippen MR) is 61.4 cm³/mol. The van der Waals surface area contributed by atoms with Gasteiger partial charge in [-0.05, 0) is 12.1 Å². The molecule has 1 heterocycles. The Balaban J connectivity index is 3.52. The first-order valence-corrected chi connectivity index (χ1v) is 7.73. The highest BCUT2D eigenvalue weighted by atomic mass is 32.1. The molecule has 0 radical (unpaired) electrons. The highest BCUT2D eigenvalue weighted by Crippen LogP contribution is 2.70. The van der Waals surface area contributed by atoms with E-state index in [1.165, 1.54) is 6.07 Å². The van der Waals surface area contributed by atoms with Gasteiger partial charge in [0.2, 0.25) is 0 Å². The molecule has 0 fully saturated rings. The SMILES string of the molecule is NC(c1ccc(S)cn1)(P(=O)(O)O)P(=O)(O)O. The number of hydrogen-bond donors (Lipinski definition) is 6. The first kappa shape index (κ1) is 14.8. The van der Waals surface area contributed by atoms with Gasteiger partial charge in [-0.2, -0.15) is 0 Å². The van der Waals surface area contributed by atoms with Gasteiger partial charge in [0.1, 0.15) is 0 Å². The fourth-order valence-electron chi connectivity index (χ4n) is 1.07. The van der Waals surface area contributed by atoms with E-state index in [0.29, 0.717) is 4.90 Å². The van der Waals surface area contributed by atoms with Crippen LogP contribution in [0.15, 0.2) is 23.2 Å². The second-order valence-corrected chi connectivity index (χ2v) is 7.67. The Morgan fingerprint density at radius 2 is 1.65 bits per heavy atom. The molecule has 17 heavy (non-hydrogen) atoms. The third kappa shape index (κ3) is 2.62. The highest BCUT2D eigenvalue weighted by Gasteiger charge is 2.60. The maximum Gasteiger partial charge on any atom is 0.363 e. The van der Waals surface area contributed by atoms with Crippen LogP contribution in [-0.4, -0.2) is 24.6 Å². The van der Waals surface area contributed by atoms with E-state index in [0.717, 1.165) is 12.3 Å². The molecule has 96 valence electrons. The van der Waals surface area contributed by atoms with Crippen LogP contribution >= 0.6 is 27.8 Å². The minimum atomic E-state index is -5.32. The van der Waals surface area contributed by atoms with Crippen LogP contribution in [0.5, 0.6) is 0 Å². The number of thiol groups is 1. The molecule has 1 rings (SSSR count). The van der Waals surface area contributed by atoms with Gasteiger partial charge < -0.3 is 19.6 Å². The molecule has 0 aliphatic carbocycles. The average Bonchev–Trinajstić information content (AvgIpc) is 2.14. The van der Waals surface area contributed by atoms with E-state index < -0.39 is 25.9 Å². The molecule has 0 saturated carbocycles. The first-order chi connectivity index (χ1) is 7.50. The molecule has 0 amide bonds. The Kier molecular flexibility index (Phi) is 3.88. The number of pyridine rings is 1. The second-order valence-electron chi connectivity index (χ2n) is 3.22. The second kappa shape index (κ2) is 4.46. The standard InChI is InChI=1S/C6H10N2O6P2S/c7-6(15(9,10)11,16(12,13)14)5-2-1-4(17)3-8-5/h1-3,17H,7H2,(H2,9,10,11)(H2,12,13,14).